The Labute approximate surface area is 107 Å². The summed E-state index contributed by atoms with van der Waals surface area (Å²) in [4.78, 5) is 0. The van der Waals surface area contributed by atoms with E-state index in [0.717, 1.165) is 12.8 Å². The minimum Gasteiger partial charge on any atom is -0.494 e. The van der Waals surface area contributed by atoms with Crippen molar-refractivity contribution in [2.24, 2.45) is 0 Å². The van der Waals surface area contributed by atoms with Crippen LogP contribution in [0.3, 0.4) is 0 Å². The second-order valence-electron chi connectivity index (χ2n) is 4.79. The van der Waals surface area contributed by atoms with Crippen molar-refractivity contribution >= 4 is 0 Å². The van der Waals surface area contributed by atoms with Gasteiger partial charge in [0.05, 0.1) is 18.8 Å². The normalized spacial score (nSPS) is 28.1. The van der Waals surface area contributed by atoms with Gasteiger partial charge in [0.1, 0.15) is 0 Å². The van der Waals surface area contributed by atoms with E-state index in [1.54, 1.807) is 25.3 Å². The first-order chi connectivity index (χ1) is 8.60. The summed E-state index contributed by atoms with van der Waals surface area (Å²) in [6, 6.07) is 4.89. The molecule has 0 saturated heterocycles. The summed E-state index contributed by atoms with van der Waals surface area (Å²) in [7, 11) is 3.09. The molecule has 0 aliphatic heterocycles. The fourth-order valence-corrected chi connectivity index (χ4v) is 2.60. The SMILES string of the molecule is COc1cccc(C2(O)CCC(OC)CC2)c1F. The Balaban J connectivity index is 2.26. The zero-order valence-corrected chi connectivity index (χ0v) is 10.8. The second kappa shape index (κ2) is 5.24. The van der Waals surface area contributed by atoms with E-state index in [4.69, 9.17) is 9.47 Å². The molecule has 1 fully saturated rings. The summed E-state index contributed by atoms with van der Waals surface area (Å²) < 4.78 is 24.4. The van der Waals surface area contributed by atoms with Crippen molar-refractivity contribution in [3.63, 3.8) is 0 Å². The molecule has 0 atom stereocenters. The lowest BCUT2D eigenvalue weighted by Crippen LogP contribution is -2.34. The second-order valence-corrected chi connectivity index (χ2v) is 4.79. The van der Waals surface area contributed by atoms with Gasteiger partial charge in [0.15, 0.2) is 11.6 Å². The lowest BCUT2D eigenvalue weighted by atomic mass is 9.78. The maximum atomic E-state index is 14.2. The van der Waals surface area contributed by atoms with Crippen LogP contribution in [0.1, 0.15) is 31.2 Å². The van der Waals surface area contributed by atoms with Crippen LogP contribution in [0.4, 0.5) is 4.39 Å². The predicted octanol–water partition coefficient (Wildman–Crippen LogP) is 2.61. The Kier molecular flexibility index (Phi) is 3.88. The Hall–Kier alpha value is -1.13. The van der Waals surface area contributed by atoms with Crippen molar-refractivity contribution in [2.45, 2.75) is 37.4 Å². The molecule has 0 heterocycles. The van der Waals surface area contributed by atoms with Gasteiger partial charge in [-0.05, 0) is 31.7 Å². The van der Waals surface area contributed by atoms with Gasteiger partial charge < -0.3 is 14.6 Å². The van der Waals surface area contributed by atoms with Crippen LogP contribution in [0, 0.1) is 5.82 Å². The van der Waals surface area contributed by atoms with Crippen molar-refractivity contribution in [1.82, 2.24) is 0 Å². The molecule has 1 saturated carbocycles. The number of hydrogen-bond donors (Lipinski definition) is 1. The minimum atomic E-state index is -1.10. The molecule has 0 bridgehead atoms. The number of methoxy groups -OCH3 is 2. The topological polar surface area (TPSA) is 38.7 Å². The zero-order chi connectivity index (χ0) is 13.2. The average Bonchev–Trinajstić information content (AvgIpc) is 2.40. The third-order valence-electron chi connectivity index (χ3n) is 3.78. The number of ether oxygens (including phenoxy) is 2. The Bertz CT molecular complexity index is 412. The van der Waals surface area contributed by atoms with Gasteiger partial charge in [-0.3, -0.25) is 0 Å². The van der Waals surface area contributed by atoms with E-state index < -0.39 is 11.4 Å². The molecule has 3 nitrogen and oxygen atoms in total. The number of halogens is 1. The smallest absolute Gasteiger partial charge is 0.171 e. The van der Waals surface area contributed by atoms with Crippen LogP contribution >= 0.6 is 0 Å². The van der Waals surface area contributed by atoms with E-state index in [1.165, 1.54) is 7.11 Å². The standard InChI is InChI=1S/C14H19FO3/c1-17-10-6-8-14(16,9-7-10)11-4-3-5-12(18-2)13(11)15/h3-5,10,16H,6-9H2,1-2H3. The molecular weight excluding hydrogens is 235 g/mol. The maximum absolute atomic E-state index is 14.2. The molecule has 4 heteroatoms. The molecule has 0 aromatic heterocycles. The third-order valence-corrected chi connectivity index (χ3v) is 3.78. The fraction of sp³-hybridized carbons (Fsp3) is 0.571. The highest BCUT2D eigenvalue weighted by Crippen LogP contribution is 2.40. The van der Waals surface area contributed by atoms with Crippen LogP contribution in [0.2, 0.25) is 0 Å². The first-order valence-corrected chi connectivity index (χ1v) is 6.19. The highest BCUT2D eigenvalue weighted by atomic mass is 19.1. The molecule has 1 aliphatic carbocycles. The van der Waals surface area contributed by atoms with Crippen molar-refractivity contribution in [3.05, 3.63) is 29.6 Å². The van der Waals surface area contributed by atoms with E-state index in [0.29, 0.717) is 18.4 Å². The summed E-state index contributed by atoms with van der Waals surface area (Å²) in [5.41, 5.74) is -0.774. The first kappa shape index (κ1) is 13.3. The van der Waals surface area contributed by atoms with Crippen LogP contribution in [0.5, 0.6) is 5.75 Å². The largest absolute Gasteiger partial charge is 0.494 e. The number of aliphatic hydroxyl groups is 1. The molecule has 1 aliphatic rings. The molecular formula is C14H19FO3. The monoisotopic (exact) mass is 254 g/mol. The van der Waals surface area contributed by atoms with Crippen molar-refractivity contribution in [2.75, 3.05) is 14.2 Å². The average molecular weight is 254 g/mol. The van der Waals surface area contributed by atoms with Gasteiger partial charge in [-0.25, -0.2) is 4.39 Å². The highest BCUT2D eigenvalue weighted by molar-refractivity contribution is 5.35. The van der Waals surface area contributed by atoms with Crippen LogP contribution in [-0.2, 0) is 10.3 Å². The van der Waals surface area contributed by atoms with Gasteiger partial charge >= 0.3 is 0 Å². The molecule has 2 rings (SSSR count). The maximum Gasteiger partial charge on any atom is 0.171 e. The summed E-state index contributed by atoms with van der Waals surface area (Å²) in [6.45, 7) is 0. The van der Waals surface area contributed by atoms with E-state index >= 15 is 0 Å². The van der Waals surface area contributed by atoms with Crippen LogP contribution in [-0.4, -0.2) is 25.4 Å². The summed E-state index contributed by atoms with van der Waals surface area (Å²) in [5, 5.41) is 10.6. The summed E-state index contributed by atoms with van der Waals surface area (Å²) in [5.74, 6) is -0.284. The van der Waals surface area contributed by atoms with Crippen molar-refractivity contribution in [1.29, 1.82) is 0 Å². The van der Waals surface area contributed by atoms with Crippen LogP contribution < -0.4 is 4.74 Å². The van der Waals surface area contributed by atoms with Gasteiger partial charge in [0, 0.05) is 12.7 Å². The number of hydrogen-bond acceptors (Lipinski definition) is 3. The zero-order valence-electron chi connectivity index (χ0n) is 10.8. The van der Waals surface area contributed by atoms with Gasteiger partial charge in [-0.2, -0.15) is 0 Å². The Morgan fingerprint density at radius 1 is 1.28 bits per heavy atom. The predicted molar refractivity (Wildman–Crippen MR) is 66.1 cm³/mol. The van der Waals surface area contributed by atoms with Gasteiger partial charge in [0.25, 0.3) is 0 Å². The van der Waals surface area contributed by atoms with E-state index in [1.807, 2.05) is 0 Å². The Morgan fingerprint density at radius 2 is 1.94 bits per heavy atom. The molecule has 1 aromatic carbocycles. The van der Waals surface area contributed by atoms with Gasteiger partial charge in [-0.1, -0.05) is 12.1 Å². The fourth-order valence-electron chi connectivity index (χ4n) is 2.60. The summed E-state index contributed by atoms with van der Waals surface area (Å²) in [6.07, 6.45) is 2.66. The number of rotatable bonds is 3. The number of benzene rings is 1. The van der Waals surface area contributed by atoms with Crippen molar-refractivity contribution in [3.8, 4) is 5.75 Å². The quantitative estimate of drug-likeness (QED) is 0.901. The van der Waals surface area contributed by atoms with Crippen molar-refractivity contribution < 1.29 is 19.0 Å². The van der Waals surface area contributed by atoms with E-state index in [2.05, 4.69) is 0 Å². The van der Waals surface area contributed by atoms with Crippen LogP contribution in [0.25, 0.3) is 0 Å². The minimum absolute atomic E-state index is 0.166. The third kappa shape index (κ3) is 2.35. The molecule has 1 N–H and O–H groups in total. The highest BCUT2D eigenvalue weighted by Gasteiger charge is 2.37. The van der Waals surface area contributed by atoms with Gasteiger partial charge in [0.2, 0.25) is 0 Å². The first-order valence-electron chi connectivity index (χ1n) is 6.19. The summed E-state index contributed by atoms with van der Waals surface area (Å²) >= 11 is 0. The molecule has 100 valence electrons. The molecule has 0 radical (unpaired) electrons. The molecule has 0 amide bonds. The Morgan fingerprint density at radius 3 is 2.50 bits per heavy atom. The molecule has 0 unspecified atom stereocenters. The lowest BCUT2D eigenvalue weighted by Gasteiger charge is -2.36. The molecule has 1 aromatic rings. The van der Waals surface area contributed by atoms with E-state index in [9.17, 15) is 9.50 Å². The van der Waals surface area contributed by atoms with E-state index in [-0.39, 0.29) is 11.9 Å². The van der Waals surface area contributed by atoms with Gasteiger partial charge in [-0.15, -0.1) is 0 Å². The molecule has 0 spiro atoms. The molecule has 18 heavy (non-hydrogen) atoms. The lowest BCUT2D eigenvalue weighted by molar-refractivity contribution is -0.0495. The van der Waals surface area contributed by atoms with Crippen LogP contribution in [0.15, 0.2) is 18.2 Å².